The van der Waals surface area contributed by atoms with Gasteiger partial charge in [-0.05, 0) is 32.8 Å². The summed E-state index contributed by atoms with van der Waals surface area (Å²) in [5, 5.41) is 8.81. The normalized spacial score (nSPS) is 11.1. The summed E-state index contributed by atoms with van der Waals surface area (Å²) in [5.41, 5.74) is 0.878. The Morgan fingerprint density at radius 3 is 2.04 bits per heavy atom. The van der Waals surface area contributed by atoms with Crippen LogP contribution in [0.5, 0.6) is 0 Å². The molecule has 0 saturated heterocycles. The second-order valence-corrected chi connectivity index (χ2v) is 5.67. The molecule has 0 saturated carbocycles. The molecule has 0 fully saturated rings. The van der Waals surface area contributed by atoms with Crippen molar-refractivity contribution in [2.75, 3.05) is 13.7 Å². The molecule has 0 bridgehead atoms. The molecule has 0 rings (SSSR count). The number of esters is 2. The lowest BCUT2D eigenvalue weighted by Crippen LogP contribution is -2.09. The number of carboxylic acids is 1. The molecule has 0 aromatic heterocycles. The summed E-state index contributed by atoms with van der Waals surface area (Å²) in [6.45, 7) is 10.8. The van der Waals surface area contributed by atoms with E-state index in [0.717, 1.165) is 25.7 Å². The summed E-state index contributed by atoms with van der Waals surface area (Å²) in [6.07, 6.45) is 7.86. The van der Waals surface area contributed by atoms with Crippen LogP contribution in [0.3, 0.4) is 0 Å². The molecule has 0 atom stereocenters. The lowest BCUT2D eigenvalue weighted by molar-refractivity contribution is -0.139. The van der Waals surface area contributed by atoms with E-state index in [1.165, 1.54) is 20.1 Å². The van der Waals surface area contributed by atoms with Crippen LogP contribution in [-0.4, -0.2) is 36.7 Å². The molecule has 0 aromatic rings. The lowest BCUT2D eigenvalue weighted by atomic mass is 10.1. The van der Waals surface area contributed by atoms with Crippen molar-refractivity contribution in [3.63, 3.8) is 0 Å². The van der Waals surface area contributed by atoms with Gasteiger partial charge in [-0.2, -0.15) is 0 Å². The van der Waals surface area contributed by atoms with E-state index in [0.29, 0.717) is 24.2 Å². The van der Waals surface area contributed by atoms with Crippen LogP contribution in [0.15, 0.2) is 35.5 Å². The Morgan fingerprint density at radius 1 is 1.04 bits per heavy atom. The van der Waals surface area contributed by atoms with Crippen LogP contribution in [0.1, 0.15) is 59.8 Å². The van der Waals surface area contributed by atoms with Gasteiger partial charge in [-0.15, -0.1) is 0 Å². The number of methoxy groups -OCH3 is 1. The first-order valence-corrected chi connectivity index (χ1v) is 8.73. The van der Waals surface area contributed by atoms with Crippen LogP contribution >= 0.6 is 0 Å². The molecule has 1 N–H and O–H groups in total. The number of hydrogen-bond donors (Lipinski definition) is 1. The smallest absolute Gasteiger partial charge is 0.337 e. The van der Waals surface area contributed by atoms with Gasteiger partial charge < -0.3 is 14.6 Å². The van der Waals surface area contributed by atoms with Gasteiger partial charge in [-0.25, -0.2) is 14.4 Å². The lowest BCUT2D eigenvalue weighted by Gasteiger charge is -2.06. The fourth-order valence-corrected chi connectivity index (χ4v) is 1.67. The zero-order chi connectivity index (χ0) is 20.5. The molecular formula is C20H32O6. The monoisotopic (exact) mass is 368 g/mol. The number of hydrogen-bond acceptors (Lipinski definition) is 5. The number of aliphatic carboxylic acids is 1. The van der Waals surface area contributed by atoms with Gasteiger partial charge in [0.15, 0.2) is 0 Å². The summed E-state index contributed by atoms with van der Waals surface area (Å²) in [4.78, 5) is 32.7. The molecule has 0 heterocycles. The Labute approximate surface area is 156 Å². The zero-order valence-electron chi connectivity index (χ0n) is 16.6. The first kappa shape index (κ1) is 25.9. The second kappa shape index (κ2) is 16.1. The SMILES string of the molecule is C=C(C)C(=O)OC.CCC=C(C=C(C)C(=O)O)C(=O)OCCCCCC. The fourth-order valence-electron chi connectivity index (χ4n) is 1.67. The molecule has 26 heavy (non-hydrogen) atoms. The van der Waals surface area contributed by atoms with Crippen molar-refractivity contribution in [1.29, 1.82) is 0 Å². The number of carbonyl (C=O) groups is 3. The van der Waals surface area contributed by atoms with Gasteiger partial charge in [0, 0.05) is 11.1 Å². The topological polar surface area (TPSA) is 89.9 Å². The van der Waals surface area contributed by atoms with Gasteiger partial charge in [-0.3, -0.25) is 0 Å². The van der Waals surface area contributed by atoms with Gasteiger partial charge in [0.2, 0.25) is 0 Å². The summed E-state index contributed by atoms with van der Waals surface area (Å²) < 4.78 is 9.41. The maximum atomic E-state index is 11.8. The largest absolute Gasteiger partial charge is 0.478 e. The maximum absolute atomic E-state index is 11.8. The maximum Gasteiger partial charge on any atom is 0.337 e. The molecule has 148 valence electrons. The Bertz CT molecular complexity index is 528. The fraction of sp³-hybridized carbons (Fsp3) is 0.550. The van der Waals surface area contributed by atoms with E-state index < -0.39 is 11.9 Å². The Kier molecular flexibility index (Phi) is 16.0. The van der Waals surface area contributed by atoms with E-state index in [1.807, 2.05) is 6.92 Å². The van der Waals surface area contributed by atoms with Crippen molar-refractivity contribution in [2.24, 2.45) is 0 Å². The van der Waals surface area contributed by atoms with E-state index in [4.69, 9.17) is 9.84 Å². The van der Waals surface area contributed by atoms with Crippen LogP contribution in [-0.2, 0) is 23.9 Å². The van der Waals surface area contributed by atoms with E-state index in [2.05, 4.69) is 18.2 Å². The highest BCUT2D eigenvalue weighted by atomic mass is 16.5. The van der Waals surface area contributed by atoms with Gasteiger partial charge in [0.25, 0.3) is 0 Å². The van der Waals surface area contributed by atoms with Crippen molar-refractivity contribution in [3.8, 4) is 0 Å². The molecule has 0 aliphatic carbocycles. The van der Waals surface area contributed by atoms with Gasteiger partial charge in [0.05, 0.1) is 19.3 Å². The van der Waals surface area contributed by atoms with Crippen LogP contribution < -0.4 is 0 Å². The van der Waals surface area contributed by atoms with Crippen molar-refractivity contribution in [1.82, 2.24) is 0 Å². The number of unbranched alkanes of at least 4 members (excludes halogenated alkanes) is 3. The quantitative estimate of drug-likeness (QED) is 0.269. The summed E-state index contributed by atoms with van der Waals surface area (Å²) in [7, 11) is 1.33. The number of carboxylic acid groups (broad SMARTS) is 1. The van der Waals surface area contributed by atoms with Gasteiger partial charge in [0.1, 0.15) is 0 Å². The first-order chi connectivity index (χ1) is 12.2. The predicted molar refractivity (Wildman–Crippen MR) is 102 cm³/mol. The minimum atomic E-state index is -1.03. The molecule has 0 aliphatic heterocycles. The minimum Gasteiger partial charge on any atom is -0.478 e. The molecular weight excluding hydrogens is 336 g/mol. The third-order valence-electron chi connectivity index (χ3n) is 3.13. The Morgan fingerprint density at radius 2 is 1.65 bits per heavy atom. The average Bonchev–Trinajstić information content (AvgIpc) is 2.60. The predicted octanol–water partition coefficient (Wildman–Crippen LogP) is 4.21. The van der Waals surface area contributed by atoms with Crippen LogP contribution in [0, 0.1) is 0 Å². The van der Waals surface area contributed by atoms with E-state index in [-0.39, 0.29) is 11.5 Å². The molecule has 0 aromatic carbocycles. The first-order valence-electron chi connectivity index (χ1n) is 8.73. The van der Waals surface area contributed by atoms with Crippen LogP contribution in [0.2, 0.25) is 0 Å². The third-order valence-corrected chi connectivity index (χ3v) is 3.13. The number of carbonyl (C=O) groups excluding carboxylic acids is 2. The van der Waals surface area contributed by atoms with Gasteiger partial charge in [-0.1, -0.05) is 45.8 Å². The highest BCUT2D eigenvalue weighted by Crippen LogP contribution is 2.08. The molecule has 0 amide bonds. The van der Waals surface area contributed by atoms with E-state index >= 15 is 0 Å². The number of rotatable bonds is 10. The van der Waals surface area contributed by atoms with Crippen LogP contribution in [0.4, 0.5) is 0 Å². The van der Waals surface area contributed by atoms with E-state index in [9.17, 15) is 14.4 Å². The standard InChI is InChI=1S/C15H24O4.C5H8O2/c1-4-6-7-8-10-19-15(18)13(9-5-2)11-12(3)14(16)17;1-4(2)5(6)7-3/h9,11H,4-8,10H2,1-3H3,(H,16,17);1H2,2-3H3. The Balaban J connectivity index is 0. The third kappa shape index (κ3) is 14.0. The summed E-state index contributed by atoms with van der Waals surface area (Å²) in [5.74, 6) is -1.82. The van der Waals surface area contributed by atoms with Gasteiger partial charge >= 0.3 is 17.9 Å². The van der Waals surface area contributed by atoms with Crippen LogP contribution in [0.25, 0.3) is 0 Å². The van der Waals surface area contributed by atoms with Crippen molar-refractivity contribution >= 4 is 17.9 Å². The van der Waals surface area contributed by atoms with Crippen molar-refractivity contribution in [3.05, 3.63) is 35.5 Å². The molecule has 0 unspecified atom stereocenters. The second-order valence-electron chi connectivity index (χ2n) is 5.67. The van der Waals surface area contributed by atoms with E-state index in [1.54, 1.807) is 13.0 Å². The minimum absolute atomic E-state index is 0.127. The molecule has 0 aliphatic rings. The molecule has 6 heteroatoms. The van der Waals surface area contributed by atoms with Crippen molar-refractivity contribution < 1.29 is 29.0 Å². The summed E-state index contributed by atoms with van der Waals surface area (Å²) in [6, 6.07) is 0. The zero-order valence-corrected chi connectivity index (χ0v) is 16.6. The number of allylic oxidation sites excluding steroid dienone is 1. The molecule has 0 spiro atoms. The molecule has 0 radical (unpaired) electrons. The average molecular weight is 368 g/mol. The highest BCUT2D eigenvalue weighted by Gasteiger charge is 2.10. The molecule has 6 nitrogen and oxygen atoms in total. The number of ether oxygens (including phenoxy) is 2. The Hall–Kier alpha value is -2.37. The van der Waals surface area contributed by atoms with Crippen molar-refractivity contribution in [2.45, 2.75) is 59.8 Å². The summed E-state index contributed by atoms with van der Waals surface area (Å²) >= 11 is 0. The highest BCUT2D eigenvalue weighted by molar-refractivity contribution is 5.95.